The first-order valence-electron chi connectivity index (χ1n) is 11.5. The van der Waals surface area contributed by atoms with Gasteiger partial charge >= 0.3 is 5.97 Å². The molecule has 0 spiro atoms. The zero-order chi connectivity index (χ0) is 25.4. The summed E-state index contributed by atoms with van der Waals surface area (Å²) < 4.78 is 11.2. The Hall–Kier alpha value is -3.51. The largest absolute Gasteiger partial charge is 0.493 e. The van der Waals surface area contributed by atoms with Crippen LogP contribution in [0.5, 0.6) is 11.5 Å². The smallest absolute Gasteiger partial charge is 0.347 e. The molecule has 1 amide bonds. The first-order valence-corrected chi connectivity index (χ1v) is 11.9. The van der Waals surface area contributed by atoms with E-state index < -0.39 is 11.6 Å². The highest BCUT2D eigenvalue weighted by atomic mass is 35.5. The van der Waals surface area contributed by atoms with Gasteiger partial charge in [0.25, 0.3) is 5.91 Å². The number of hydrogen-bond acceptors (Lipinski definition) is 4. The number of halogens is 1. The van der Waals surface area contributed by atoms with Crippen LogP contribution in [0.3, 0.4) is 0 Å². The SMILES string of the molecule is CCCOc1ccc(Cl)cc1C(=O)NCCc1ccc(-c2ccc(OC(C)(C)C(=O)O)cc2)cc1. The van der Waals surface area contributed by atoms with E-state index in [0.717, 1.165) is 23.1 Å². The molecule has 3 aromatic rings. The summed E-state index contributed by atoms with van der Waals surface area (Å²) in [6.07, 6.45) is 1.52. The topological polar surface area (TPSA) is 84.9 Å². The Morgan fingerprint density at radius 2 is 1.60 bits per heavy atom. The minimum Gasteiger partial charge on any atom is -0.493 e. The van der Waals surface area contributed by atoms with Crippen LogP contribution >= 0.6 is 11.6 Å². The molecular formula is C28H30ClNO5. The number of amides is 1. The lowest BCUT2D eigenvalue weighted by Gasteiger charge is -2.21. The van der Waals surface area contributed by atoms with Crippen molar-refractivity contribution in [3.8, 4) is 22.6 Å². The molecule has 35 heavy (non-hydrogen) atoms. The van der Waals surface area contributed by atoms with E-state index in [1.54, 1.807) is 30.3 Å². The third-order valence-electron chi connectivity index (χ3n) is 5.38. The summed E-state index contributed by atoms with van der Waals surface area (Å²) in [5.74, 6) is -0.215. The second-order valence-corrected chi connectivity index (χ2v) is 9.07. The normalized spacial score (nSPS) is 11.1. The molecule has 0 atom stereocenters. The Morgan fingerprint density at radius 1 is 0.971 bits per heavy atom. The van der Waals surface area contributed by atoms with Crippen LogP contribution in [0.2, 0.25) is 5.02 Å². The van der Waals surface area contributed by atoms with Crippen molar-refractivity contribution >= 4 is 23.5 Å². The van der Waals surface area contributed by atoms with E-state index in [-0.39, 0.29) is 5.91 Å². The maximum atomic E-state index is 12.7. The van der Waals surface area contributed by atoms with E-state index in [2.05, 4.69) is 5.32 Å². The van der Waals surface area contributed by atoms with Crippen LogP contribution in [0.25, 0.3) is 11.1 Å². The molecule has 0 aromatic heterocycles. The van der Waals surface area contributed by atoms with E-state index >= 15 is 0 Å². The molecule has 7 heteroatoms. The summed E-state index contributed by atoms with van der Waals surface area (Å²) >= 11 is 6.07. The average molecular weight is 496 g/mol. The molecule has 0 aliphatic carbocycles. The fraction of sp³-hybridized carbons (Fsp3) is 0.286. The molecule has 2 N–H and O–H groups in total. The molecule has 0 aliphatic heterocycles. The maximum absolute atomic E-state index is 12.7. The van der Waals surface area contributed by atoms with Crippen LogP contribution < -0.4 is 14.8 Å². The highest BCUT2D eigenvalue weighted by Gasteiger charge is 2.29. The quantitative estimate of drug-likeness (QED) is 0.340. The second kappa shape index (κ2) is 11.8. The first kappa shape index (κ1) is 26.1. The van der Waals surface area contributed by atoms with E-state index in [4.69, 9.17) is 21.1 Å². The third kappa shape index (κ3) is 7.23. The number of carbonyl (C=O) groups is 2. The minimum atomic E-state index is -1.30. The number of benzene rings is 3. The van der Waals surface area contributed by atoms with E-state index in [0.29, 0.717) is 41.7 Å². The van der Waals surface area contributed by atoms with Gasteiger partial charge in [0.2, 0.25) is 0 Å². The molecule has 0 radical (unpaired) electrons. The molecule has 3 rings (SSSR count). The molecule has 0 saturated carbocycles. The van der Waals surface area contributed by atoms with Gasteiger partial charge in [0, 0.05) is 11.6 Å². The fourth-order valence-electron chi connectivity index (χ4n) is 3.35. The zero-order valence-electron chi connectivity index (χ0n) is 20.1. The summed E-state index contributed by atoms with van der Waals surface area (Å²) in [4.78, 5) is 23.9. The van der Waals surface area contributed by atoms with Crippen LogP contribution in [0.4, 0.5) is 0 Å². The van der Waals surface area contributed by atoms with Gasteiger partial charge in [0.05, 0.1) is 12.2 Å². The molecule has 0 unspecified atom stereocenters. The number of carboxylic acids is 1. The van der Waals surface area contributed by atoms with Gasteiger partial charge in [-0.25, -0.2) is 4.79 Å². The lowest BCUT2D eigenvalue weighted by atomic mass is 10.0. The first-order chi connectivity index (χ1) is 16.7. The predicted octanol–water partition coefficient (Wildman–Crippen LogP) is 6.01. The van der Waals surface area contributed by atoms with Crippen molar-refractivity contribution in [2.24, 2.45) is 0 Å². The molecule has 0 saturated heterocycles. The molecule has 184 valence electrons. The summed E-state index contributed by atoms with van der Waals surface area (Å²) in [5, 5.41) is 12.6. The Balaban J connectivity index is 1.56. The Labute approximate surface area is 210 Å². The Bertz CT molecular complexity index is 1160. The van der Waals surface area contributed by atoms with Gasteiger partial charge in [0.1, 0.15) is 11.5 Å². The molecular weight excluding hydrogens is 466 g/mol. The van der Waals surface area contributed by atoms with Crippen molar-refractivity contribution in [3.63, 3.8) is 0 Å². The van der Waals surface area contributed by atoms with E-state index in [1.807, 2.05) is 43.3 Å². The summed E-state index contributed by atoms with van der Waals surface area (Å²) in [7, 11) is 0. The summed E-state index contributed by atoms with van der Waals surface area (Å²) in [5.41, 5.74) is 2.24. The second-order valence-electron chi connectivity index (χ2n) is 8.63. The van der Waals surface area contributed by atoms with Gasteiger partial charge in [0.15, 0.2) is 5.60 Å². The van der Waals surface area contributed by atoms with Crippen LogP contribution in [0.15, 0.2) is 66.7 Å². The lowest BCUT2D eigenvalue weighted by molar-refractivity contribution is -0.152. The number of carboxylic acid groups (broad SMARTS) is 1. The molecule has 6 nitrogen and oxygen atoms in total. The highest BCUT2D eigenvalue weighted by molar-refractivity contribution is 6.31. The number of hydrogen-bond donors (Lipinski definition) is 2. The fourth-order valence-corrected chi connectivity index (χ4v) is 3.52. The number of carbonyl (C=O) groups excluding carboxylic acids is 1. The molecule has 0 aliphatic rings. The standard InChI is InChI=1S/C28H30ClNO5/c1-4-17-34-25-14-11-22(29)18-24(25)26(31)30-16-15-19-5-7-20(8-6-19)21-9-12-23(13-10-21)35-28(2,3)27(32)33/h5-14,18H,4,15-17H2,1-3H3,(H,30,31)(H,32,33). The Kier molecular flexibility index (Phi) is 8.77. The Morgan fingerprint density at radius 3 is 2.20 bits per heavy atom. The van der Waals surface area contributed by atoms with Crippen LogP contribution in [-0.4, -0.2) is 35.7 Å². The van der Waals surface area contributed by atoms with Gasteiger partial charge in [-0.2, -0.15) is 0 Å². The average Bonchev–Trinajstić information content (AvgIpc) is 2.84. The number of rotatable bonds is 11. The zero-order valence-corrected chi connectivity index (χ0v) is 20.9. The van der Waals surface area contributed by atoms with Crippen molar-refractivity contribution in [1.82, 2.24) is 5.32 Å². The van der Waals surface area contributed by atoms with Gasteiger partial charge in [-0.1, -0.05) is 54.9 Å². The van der Waals surface area contributed by atoms with Crippen molar-refractivity contribution < 1.29 is 24.2 Å². The minimum absolute atomic E-state index is 0.219. The van der Waals surface area contributed by atoms with Gasteiger partial charge in [-0.3, -0.25) is 4.79 Å². The third-order valence-corrected chi connectivity index (χ3v) is 5.61. The van der Waals surface area contributed by atoms with Crippen molar-refractivity contribution in [2.75, 3.05) is 13.2 Å². The van der Waals surface area contributed by atoms with Crippen molar-refractivity contribution in [1.29, 1.82) is 0 Å². The number of aliphatic carboxylic acids is 1. The van der Waals surface area contributed by atoms with Crippen molar-refractivity contribution in [3.05, 3.63) is 82.9 Å². The maximum Gasteiger partial charge on any atom is 0.347 e. The van der Waals surface area contributed by atoms with Gasteiger partial charge in [-0.15, -0.1) is 0 Å². The van der Waals surface area contributed by atoms with E-state index in [9.17, 15) is 14.7 Å². The summed E-state index contributed by atoms with van der Waals surface area (Å²) in [6.45, 7) is 6.04. The number of nitrogens with one attached hydrogen (secondary N) is 1. The summed E-state index contributed by atoms with van der Waals surface area (Å²) in [6, 6.07) is 20.4. The lowest BCUT2D eigenvalue weighted by Crippen LogP contribution is -2.37. The van der Waals surface area contributed by atoms with Gasteiger partial charge < -0.3 is 19.9 Å². The van der Waals surface area contributed by atoms with E-state index in [1.165, 1.54) is 13.8 Å². The van der Waals surface area contributed by atoms with Crippen LogP contribution in [0.1, 0.15) is 43.1 Å². The monoisotopic (exact) mass is 495 g/mol. The molecule has 0 bridgehead atoms. The van der Waals surface area contributed by atoms with Crippen molar-refractivity contribution in [2.45, 2.75) is 39.2 Å². The molecule has 0 fully saturated rings. The number of ether oxygens (including phenoxy) is 2. The molecule has 3 aromatic carbocycles. The highest BCUT2D eigenvalue weighted by Crippen LogP contribution is 2.26. The predicted molar refractivity (Wildman–Crippen MR) is 137 cm³/mol. The molecule has 0 heterocycles. The van der Waals surface area contributed by atoms with Gasteiger partial charge in [-0.05, 0) is 73.7 Å². The van der Waals surface area contributed by atoms with Crippen LogP contribution in [-0.2, 0) is 11.2 Å². The van der Waals surface area contributed by atoms with Crippen LogP contribution in [0, 0.1) is 0 Å².